The van der Waals surface area contributed by atoms with Gasteiger partial charge < -0.3 is 5.11 Å². The predicted molar refractivity (Wildman–Crippen MR) is 134 cm³/mol. The van der Waals surface area contributed by atoms with Gasteiger partial charge >= 0.3 is 11.7 Å². The molecule has 0 atom stereocenters. The maximum Gasteiger partial charge on any atom is 0.336 e. The number of hydrogen-bond donors (Lipinski definition) is 1. The van der Waals surface area contributed by atoms with E-state index in [1.54, 1.807) is 27.3 Å². The Morgan fingerprint density at radius 3 is 2.29 bits per heavy atom. The quantitative estimate of drug-likeness (QED) is 0.370. The van der Waals surface area contributed by atoms with E-state index in [9.17, 15) is 14.7 Å². The van der Waals surface area contributed by atoms with Gasteiger partial charge in [-0.25, -0.2) is 9.59 Å². The number of imidazole rings is 1. The minimum absolute atomic E-state index is 0.0525. The van der Waals surface area contributed by atoms with Gasteiger partial charge in [0, 0.05) is 31.3 Å². The number of carboxylic acids is 1. The van der Waals surface area contributed by atoms with Crippen molar-refractivity contribution in [2.75, 3.05) is 0 Å². The Morgan fingerprint density at radius 1 is 0.882 bits per heavy atom. The first-order chi connectivity index (χ1) is 16.6. The highest BCUT2D eigenvalue weighted by molar-refractivity contribution is 5.95. The molecule has 0 aliphatic rings. The Balaban J connectivity index is 1.58. The molecule has 5 heteroatoms. The van der Waals surface area contributed by atoms with E-state index in [0.29, 0.717) is 31.5 Å². The Labute approximate surface area is 198 Å². The topological polar surface area (TPSA) is 64.2 Å². The minimum Gasteiger partial charge on any atom is -0.478 e. The van der Waals surface area contributed by atoms with E-state index in [1.807, 2.05) is 54.7 Å². The van der Waals surface area contributed by atoms with Gasteiger partial charge in [-0.05, 0) is 34.7 Å². The van der Waals surface area contributed by atoms with Crippen molar-refractivity contribution in [1.82, 2.24) is 9.13 Å². The average molecular weight is 451 g/mol. The first-order valence-electron chi connectivity index (χ1n) is 11.2. The molecule has 1 heterocycles. The number of nitrogens with zero attached hydrogens (tertiary/aromatic N) is 2. The molecule has 5 nitrogen and oxygen atoms in total. The van der Waals surface area contributed by atoms with Crippen molar-refractivity contribution in [3.63, 3.8) is 0 Å². The molecule has 0 amide bonds. The van der Waals surface area contributed by atoms with Crippen molar-refractivity contribution < 1.29 is 9.90 Å². The van der Waals surface area contributed by atoms with E-state index < -0.39 is 5.97 Å². The molecular formula is C29H26N2O3. The Kier molecular flexibility index (Phi) is 7.10. The highest BCUT2D eigenvalue weighted by Crippen LogP contribution is 2.24. The summed E-state index contributed by atoms with van der Waals surface area (Å²) in [6, 6.07) is 24.7. The van der Waals surface area contributed by atoms with Crippen LogP contribution < -0.4 is 5.69 Å². The maximum atomic E-state index is 13.2. The standard InChI is InChI=1S/C29H26N2O3/c1-2-3-11-25-21-30(19-18-22-9-5-4-6-10-22)29(34)31(25)20-23-14-16-24(17-15-23)26-12-7-8-13-27(26)28(32)33/h1,4-10,12-17,21H,3,11,18-20H2,(H,32,33). The molecule has 0 radical (unpaired) electrons. The van der Waals surface area contributed by atoms with Crippen LogP contribution in [0.3, 0.4) is 0 Å². The van der Waals surface area contributed by atoms with Crippen molar-refractivity contribution in [2.24, 2.45) is 0 Å². The molecule has 0 saturated carbocycles. The average Bonchev–Trinajstić information content (AvgIpc) is 3.16. The third kappa shape index (κ3) is 5.19. The van der Waals surface area contributed by atoms with E-state index in [2.05, 4.69) is 18.1 Å². The van der Waals surface area contributed by atoms with Crippen LogP contribution in [-0.4, -0.2) is 20.2 Å². The monoisotopic (exact) mass is 450 g/mol. The second kappa shape index (κ2) is 10.5. The van der Waals surface area contributed by atoms with E-state index >= 15 is 0 Å². The van der Waals surface area contributed by atoms with Crippen LogP contribution in [0.4, 0.5) is 0 Å². The van der Waals surface area contributed by atoms with Crippen molar-refractivity contribution in [1.29, 1.82) is 0 Å². The summed E-state index contributed by atoms with van der Waals surface area (Å²) in [4.78, 5) is 24.8. The van der Waals surface area contributed by atoms with E-state index in [4.69, 9.17) is 6.42 Å². The smallest absolute Gasteiger partial charge is 0.336 e. The van der Waals surface area contributed by atoms with Crippen LogP contribution in [-0.2, 0) is 25.9 Å². The zero-order chi connectivity index (χ0) is 23.9. The molecular weight excluding hydrogens is 424 g/mol. The normalized spacial score (nSPS) is 10.7. The maximum absolute atomic E-state index is 13.2. The number of aryl methyl sites for hydroxylation is 3. The van der Waals surface area contributed by atoms with Gasteiger partial charge in [-0.3, -0.25) is 9.13 Å². The lowest BCUT2D eigenvalue weighted by molar-refractivity contribution is 0.0697. The number of carboxylic acid groups (broad SMARTS) is 1. The van der Waals surface area contributed by atoms with Crippen LogP contribution in [0.1, 0.15) is 33.6 Å². The van der Waals surface area contributed by atoms with Crippen LogP contribution in [0.25, 0.3) is 11.1 Å². The summed E-state index contributed by atoms with van der Waals surface area (Å²) < 4.78 is 3.54. The first kappa shape index (κ1) is 22.9. The van der Waals surface area contributed by atoms with Gasteiger partial charge in [0.05, 0.1) is 12.1 Å². The van der Waals surface area contributed by atoms with Crippen LogP contribution in [0.2, 0.25) is 0 Å². The molecule has 3 aromatic carbocycles. The molecule has 170 valence electrons. The van der Waals surface area contributed by atoms with E-state index in [1.165, 1.54) is 5.56 Å². The number of rotatable bonds is 9. The fourth-order valence-corrected chi connectivity index (χ4v) is 4.10. The second-order valence-corrected chi connectivity index (χ2v) is 8.17. The number of aromatic nitrogens is 2. The third-order valence-corrected chi connectivity index (χ3v) is 5.90. The Bertz CT molecular complexity index is 1370. The number of hydrogen-bond acceptors (Lipinski definition) is 2. The van der Waals surface area contributed by atoms with E-state index in [-0.39, 0.29) is 11.3 Å². The highest BCUT2D eigenvalue weighted by atomic mass is 16.4. The SMILES string of the molecule is C#CCCc1cn(CCc2ccccc2)c(=O)n1Cc1ccc(-c2ccccc2C(=O)O)cc1. The molecule has 1 aromatic heterocycles. The predicted octanol–water partition coefficient (Wildman–Crippen LogP) is 4.87. The molecule has 1 N–H and O–H groups in total. The minimum atomic E-state index is -0.957. The first-order valence-corrected chi connectivity index (χ1v) is 11.2. The molecule has 4 rings (SSSR count). The molecule has 0 aliphatic heterocycles. The van der Waals surface area contributed by atoms with Crippen molar-refractivity contribution in [3.05, 3.63) is 118 Å². The summed E-state index contributed by atoms with van der Waals surface area (Å²) >= 11 is 0. The van der Waals surface area contributed by atoms with Gasteiger partial charge in [0.2, 0.25) is 0 Å². The molecule has 0 saturated heterocycles. The molecule has 4 aromatic rings. The van der Waals surface area contributed by atoms with Crippen LogP contribution >= 0.6 is 0 Å². The molecule has 0 aliphatic carbocycles. The van der Waals surface area contributed by atoms with Crippen molar-refractivity contribution in [2.45, 2.75) is 32.4 Å². The lowest BCUT2D eigenvalue weighted by Gasteiger charge is -2.09. The van der Waals surface area contributed by atoms with Gasteiger partial charge in [0.1, 0.15) is 0 Å². The lowest BCUT2D eigenvalue weighted by atomic mass is 9.99. The Morgan fingerprint density at radius 2 is 1.59 bits per heavy atom. The third-order valence-electron chi connectivity index (χ3n) is 5.90. The zero-order valence-corrected chi connectivity index (χ0v) is 18.9. The lowest BCUT2D eigenvalue weighted by Crippen LogP contribution is -2.26. The molecule has 0 unspecified atom stereocenters. The Hall–Kier alpha value is -4.30. The molecule has 34 heavy (non-hydrogen) atoms. The van der Waals surface area contributed by atoms with Gasteiger partial charge in [0.25, 0.3) is 0 Å². The van der Waals surface area contributed by atoms with Crippen LogP contribution in [0, 0.1) is 12.3 Å². The van der Waals surface area contributed by atoms with Crippen LogP contribution in [0.5, 0.6) is 0 Å². The second-order valence-electron chi connectivity index (χ2n) is 8.17. The molecule has 0 bridgehead atoms. The molecule has 0 fully saturated rings. The molecule has 0 spiro atoms. The summed E-state index contributed by atoms with van der Waals surface area (Å²) in [5, 5.41) is 9.47. The number of terminal acetylenes is 1. The summed E-state index contributed by atoms with van der Waals surface area (Å²) in [7, 11) is 0. The largest absolute Gasteiger partial charge is 0.478 e. The fraction of sp³-hybridized carbons (Fsp3) is 0.172. The van der Waals surface area contributed by atoms with Crippen molar-refractivity contribution >= 4 is 5.97 Å². The van der Waals surface area contributed by atoms with Gasteiger partial charge in [-0.15, -0.1) is 12.3 Å². The number of carbonyl (C=O) groups is 1. The van der Waals surface area contributed by atoms with Crippen LogP contribution in [0.15, 0.2) is 89.9 Å². The number of aromatic carboxylic acids is 1. The fourth-order valence-electron chi connectivity index (χ4n) is 4.10. The highest BCUT2D eigenvalue weighted by Gasteiger charge is 2.13. The summed E-state index contributed by atoms with van der Waals surface area (Å²) in [5.41, 5.74) is 4.76. The number of benzene rings is 3. The van der Waals surface area contributed by atoms with Gasteiger partial charge in [-0.1, -0.05) is 72.8 Å². The van der Waals surface area contributed by atoms with Crippen molar-refractivity contribution in [3.8, 4) is 23.5 Å². The zero-order valence-electron chi connectivity index (χ0n) is 18.9. The summed E-state index contributed by atoms with van der Waals surface area (Å²) in [5.74, 6) is 1.70. The van der Waals surface area contributed by atoms with Gasteiger partial charge in [0.15, 0.2) is 0 Å². The van der Waals surface area contributed by atoms with E-state index in [0.717, 1.165) is 23.2 Å². The summed E-state index contributed by atoms with van der Waals surface area (Å²) in [6.07, 6.45) is 9.37. The van der Waals surface area contributed by atoms with Gasteiger partial charge in [-0.2, -0.15) is 0 Å². The summed E-state index contributed by atoms with van der Waals surface area (Å²) in [6.45, 7) is 1.03.